The fourth-order valence-electron chi connectivity index (χ4n) is 2.22. The Hall–Kier alpha value is -2.21. The fourth-order valence-corrected chi connectivity index (χ4v) is 3.01. The normalized spacial score (nSPS) is 10.5. The van der Waals surface area contributed by atoms with Gasteiger partial charge in [-0.2, -0.15) is 0 Å². The number of nitrogens with one attached hydrogen (secondary N) is 1. The van der Waals surface area contributed by atoms with Crippen LogP contribution in [0.3, 0.4) is 0 Å². The fraction of sp³-hybridized carbons (Fsp3) is 0.333. The van der Waals surface area contributed by atoms with E-state index >= 15 is 0 Å². The molecule has 0 atom stereocenters. The third kappa shape index (κ3) is 4.89. The van der Waals surface area contributed by atoms with Crippen molar-refractivity contribution in [1.82, 2.24) is 5.32 Å². The Kier molecular flexibility index (Phi) is 6.49. The minimum absolute atomic E-state index is 0.294. The molecule has 24 heavy (non-hydrogen) atoms. The van der Waals surface area contributed by atoms with Gasteiger partial charge >= 0.3 is 5.97 Å². The summed E-state index contributed by atoms with van der Waals surface area (Å²) in [5, 5.41) is 2.73. The maximum absolute atomic E-state index is 12.1. The van der Waals surface area contributed by atoms with Crippen molar-refractivity contribution >= 4 is 23.6 Å². The molecular weight excluding hydrogens is 326 g/mol. The first-order valence-electron chi connectivity index (χ1n) is 7.67. The lowest BCUT2D eigenvalue weighted by atomic mass is 10.1. The van der Waals surface area contributed by atoms with Crippen LogP contribution in [0, 0.1) is 20.8 Å². The van der Waals surface area contributed by atoms with Crippen LogP contribution in [0.4, 0.5) is 0 Å². The Balaban J connectivity index is 1.70. The molecule has 0 saturated carbocycles. The van der Waals surface area contributed by atoms with Gasteiger partial charge in [0.05, 0.1) is 0 Å². The second kappa shape index (κ2) is 8.59. The Morgan fingerprint density at radius 3 is 2.46 bits per heavy atom. The summed E-state index contributed by atoms with van der Waals surface area (Å²) in [7, 11) is 0. The highest BCUT2D eigenvalue weighted by Gasteiger charge is 2.20. The molecule has 0 aliphatic heterocycles. The Labute approximate surface area is 145 Å². The average molecular weight is 347 g/mol. The molecule has 1 amide bonds. The lowest BCUT2D eigenvalue weighted by molar-refractivity contribution is -0.124. The molecule has 1 aromatic heterocycles. The molecule has 0 saturated heterocycles. The van der Waals surface area contributed by atoms with Gasteiger partial charge in [-0.05, 0) is 32.9 Å². The molecule has 1 aromatic carbocycles. The van der Waals surface area contributed by atoms with E-state index < -0.39 is 5.97 Å². The second-order valence-corrected chi connectivity index (χ2v) is 6.47. The summed E-state index contributed by atoms with van der Waals surface area (Å²) in [6, 6.07) is 9.95. The average Bonchev–Trinajstić information content (AvgIpc) is 2.83. The van der Waals surface area contributed by atoms with Gasteiger partial charge in [0.25, 0.3) is 5.91 Å². The van der Waals surface area contributed by atoms with Gasteiger partial charge in [0.2, 0.25) is 0 Å². The number of furan rings is 1. The van der Waals surface area contributed by atoms with E-state index in [4.69, 9.17) is 9.15 Å². The van der Waals surface area contributed by atoms with E-state index in [0.29, 0.717) is 23.6 Å². The monoisotopic (exact) mass is 347 g/mol. The van der Waals surface area contributed by atoms with Crippen molar-refractivity contribution in [2.75, 3.05) is 18.9 Å². The molecule has 1 N–H and O–H groups in total. The molecule has 0 radical (unpaired) electrons. The summed E-state index contributed by atoms with van der Waals surface area (Å²) in [5.74, 6) is 1.10. The zero-order valence-electron chi connectivity index (χ0n) is 14.0. The SMILES string of the molecule is Cc1oc(C)c(C(=O)OCC(=O)NCCSc2ccccc2)c1C. The van der Waals surface area contributed by atoms with Gasteiger partial charge in [-0.3, -0.25) is 4.79 Å². The maximum atomic E-state index is 12.1. The standard InChI is InChI=1S/C18H21NO4S/c1-12-13(2)23-14(3)17(12)18(21)22-11-16(20)19-9-10-24-15-7-5-4-6-8-15/h4-8H,9-11H2,1-3H3,(H,19,20). The number of benzene rings is 1. The van der Waals surface area contributed by atoms with Gasteiger partial charge in [-0.15, -0.1) is 11.8 Å². The predicted molar refractivity (Wildman–Crippen MR) is 93.4 cm³/mol. The summed E-state index contributed by atoms with van der Waals surface area (Å²) in [5.41, 5.74) is 1.15. The highest BCUT2D eigenvalue weighted by atomic mass is 32.2. The van der Waals surface area contributed by atoms with Crippen LogP contribution in [0.15, 0.2) is 39.6 Å². The Morgan fingerprint density at radius 1 is 1.12 bits per heavy atom. The number of ether oxygens (including phenoxy) is 1. The molecule has 128 valence electrons. The van der Waals surface area contributed by atoms with E-state index in [9.17, 15) is 9.59 Å². The number of rotatable bonds is 7. The molecule has 2 rings (SSSR count). The van der Waals surface area contributed by atoms with E-state index in [1.54, 1.807) is 32.5 Å². The van der Waals surface area contributed by atoms with Crippen molar-refractivity contribution in [2.45, 2.75) is 25.7 Å². The van der Waals surface area contributed by atoms with Crippen molar-refractivity contribution in [3.05, 3.63) is 53.0 Å². The van der Waals surface area contributed by atoms with E-state index in [2.05, 4.69) is 5.32 Å². The number of aryl methyl sites for hydroxylation is 2. The van der Waals surface area contributed by atoms with E-state index in [0.717, 1.165) is 16.2 Å². The second-order valence-electron chi connectivity index (χ2n) is 5.30. The smallest absolute Gasteiger partial charge is 0.342 e. The van der Waals surface area contributed by atoms with Gasteiger partial charge in [0.15, 0.2) is 6.61 Å². The Bertz CT molecular complexity index is 709. The van der Waals surface area contributed by atoms with Gasteiger partial charge < -0.3 is 14.5 Å². The van der Waals surface area contributed by atoms with Gasteiger partial charge in [-0.1, -0.05) is 18.2 Å². The van der Waals surface area contributed by atoms with Crippen molar-refractivity contribution < 1.29 is 18.7 Å². The minimum Gasteiger partial charge on any atom is -0.465 e. The highest BCUT2D eigenvalue weighted by Crippen LogP contribution is 2.21. The number of thioether (sulfide) groups is 1. The molecule has 2 aromatic rings. The molecule has 5 nitrogen and oxygen atoms in total. The predicted octanol–water partition coefficient (Wildman–Crippen LogP) is 3.27. The summed E-state index contributed by atoms with van der Waals surface area (Å²) in [4.78, 5) is 24.9. The topological polar surface area (TPSA) is 68.5 Å². The molecule has 0 fully saturated rings. The first kappa shape index (κ1) is 18.1. The van der Waals surface area contributed by atoms with E-state index in [-0.39, 0.29) is 12.5 Å². The summed E-state index contributed by atoms with van der Waals surface area (Å²) in [6.45, 7) is 5.51. The Morgan fingerprint density at radius 2 is 1.83 bits per heavy atom. The first-order valence-corrected chi connectivity index (χ1v) is 8.66. The van der Waals surface area contributed by atoms with Crippen LogP contribution in [0.25, 0.3) is 0 Å². The molecular formula is C18H21NO4S. The van der Waals surface area contributed by atoms with Crippen molar-refractivity contribution in [2.24, 2.45) is 0 Å². The lowest BCUT2D eigenvalue weighted by Crippen LogP contribution is -2.30. The number of carbonyl (C=O) groups excluding carboxylic acids is 2. The van der Waals surface area contributed by atoms with Crippen molar-refractivity contribution in [1.29, 1.82) is 0 Å². The molecule has 1 heterocycles. The van der Waals surface area contributed by atoms with Gasteiger partial charge in [0.1, 0.15) is 17.1 Å². The molecule has 0 bridgehead atoms. The van der Waals surface area contributed by atoms with Gasteiger partial charge in [0, 0.05) is 22.8 Å². The van der Waals surface area contributed by atoms with Crippen LogP contribution in [-0.2, 0) is 9.53 Å². The summed E-state index contributed by atoms with van der Waals surface area (Å²) >= 11 is 1.66. The summed E-state index contributed by atoms with van der Waals surface area (Å²) < 4.78 is 10.5. The third-order valence-electron chi connectivity index (χ3n) is 3.54. The van der Waals surface area contributed by atoms with Crippen LogP contribution in [-0.4, -0.2) is 30.8 Å². The molecule has 0 spiro atoms. The first-order chi connectivity index (χ1) is 11.5. The number of esters is 1. The quantitative estimate of drug-likeness (QED) is 0.473. The van der Waals surface area contributed by atoms with E-state index in [1.807, 2.05) is 30.3 Å². The summed E-state index contributed by atoms with van der Waals surface area (Å²) in [6.07, 6.45) is 0. The molecule has 0 aliphatic carbocycles. The zero-order valence-corrected chi connectivity index (χ0v) is 14.9. The largest absolute Gasteiger partial charge is 0.465 e. The number of hydrogen-bond donors (Lipinski definition) is 1. The van der Waals surface area contributed by atoms with Gasteiger partial charge in [-0.25, -0.2) is 4.79 Å². The third-order valence-corrected chi connectivity index (χ3v) is 4.55. The molecule has 0 aliphatic rings. The number of carbonyl (C=O) groups is 2. The lowest BCUT2D eigenvalue weighted by Gasteiger charge is -2.07. The molecule has 6 heteroatoms. The zero-order chi connectivity index (χ0) is 17.5. The van der Waals surface area contributed by atoms with Crippen LogP contribution >= 0.6 is 11.8 Å². The van der Waals surface area contributed by atoms with Crippen molar-refractivity contribution in [3.8, 4) is 0 Å². The van der Waals surface area contributed by atoms with Crippen LogP contribution in [0.5, 0.6) is 0 Å². The minimum atomic E-state index is -0.532. The number of amides is 1. The maximum Gasteiger partial charge on any atom is 0.342 e. The van der Waals surface area contributed by atoms with Crippen LogP contribution < -0.4 is 5.32 Å². The van der Waals surface area contributed by atoms with Crippen LogP contribution in [0.2, 0.25) is 0 Å². The molecule has 0 unspecified atom stereocenters. The van der Waals surface area contributed by atoms with Crippen molar-refractivity contribution in [3.63, 3.8) is 0 Å². The van der Waals surface area contributed by atoms with Crippen LogP contribution in [0.1, 0.15) is 27.4 Å². The van der Waals surface area contributed by atoms with E-state index in [1.165, 1.54) is 0 Å². The highest BCUT2D eigenvalue weighted by molar-refractivity contribution is 7.99. The number of hydrogen-bond acceptors (Lipinski definition) is 5.